The average Bonchev–Trinajstić information content (AvgIpc) is 2.51. The highest BCUT2D eigenvalue weighted by Crippen LogP contribution is 1.93. The molecule has 0 radical (unpaired) electrons. The van der Waals surface area contributed by atoms with E-state index in [0.29, 0.717) is 0 Å². The second-order valence-electron chi connectivity index (χ2n) is 2.80. The monoisotopic (exact) mass is 199 g/mol. The molecule has 0 fully saturated rings. The molecule has 0 aromatic carbocycles. The standard InChI is InChI=1S/C9H14ClN3/c1-13-8-4-9(12-13)3-7-11-6-2-5-10/h2,4-5,8,11H,3,6-7H2,1H3/b5-2+. The summed E-state index contributed by atoms with van der Waals surface area (Å²) in [5.41, 5.74) is 2.64. The van der Waals surface area contributed by atoms with Gasteiger partial charge in [-0.15, -0.1) is 0 Å². The fraction of sp³-hybridized carbons (Fsp3) is 0.444. The van der Waals surface area contributed by atoms with E-state index in [2.05, 4.69) is 10.4 Å². The lowest BCUT2D eigenvalue weighted by Crippen LogP contribution is -2.17. The lowest BCUT2D eigenvalue weighted by molar-refractivity contribution is 0.700. The summed E-state index contributed by atoms with van der Waals surface area (Å²) < 4.78 is 1.81. The van der Waals surface area contributed by atoms with Crippen molar-refractivity contribution in [3.8, 4) is 0 Å². The van der Waals surface area contributed by atoms with Crippen molar-refractivity contribution in [2.45, 2.75) is 6.42 Å². The lowest BCUT2D eigenvalue weighted by atomic mass is 10.3. The third-order valence-electron chi connectivity index (χ3n) is 1.68. The summed E-state index contributed by atoms with van der Waals surface area (Å²) >= 11 is 5.36. The van der Waals surface area contributed by atoms with Crippen LogP contribution in [0.15, 0.2) is 23.9 Å². The number of rotatable bonds is 5. The number of halogens is 1. The van der Waals surface area contributed by atoms with Crippen LogP contribution >= 0.6 is 11.6 Å². The van der Waals surface area contributed by atoms with Gasteiger partial charge in [0, 0.05) is 38.3 Å². The molecule has 0 unspecified atom stereocenters. The van der Waals surface area contributed by atoms with E-state index in [1.165, 1.54) is 5.54 Å². The van der Waals surface area contributed by atoms with Gasteiger partial charge in [-0.2, -0.15) is 5.10 Å². The summed E-state index contributed by atoms with van der Waals surface area (Å²) in [6, 6.07) is 2.03. The molecule has 0 saturated carbocycles. The van der Waals surface area contributed by atoms with Gasteiger partial charge in [-0.3, -0.25) is 4.68 Å². The third kappa shape index (κ3) is 4.10. The van der Waals surface area contributed by atoms with Crippen LogP contribution in [0.4, 0.5) is 0 Å². The Balaban J connectivity index is 2.13. The molecule has 1 aromatic heterocycles. The first-order valence-corrected chi connectivity index (χ1v) is 4.71. The van der Waals surface area contributed by atoms with Gasteiger partial charge >= 0.3 is 0 Å². The molecule has 1 aromatic rings. The number of aryl methyl sites for hydroxylation is 1. The molecule has 1 rings (SSSR count). The van der Waals surface area contributed by atoms with Crippen molar-refractivity contribution in [1.29, 1.82) is 0 Å². The van der Waals surface area contributed by atoms with Crippen LogP contribution < -0.4 is 5.32 Å². The van der Waals surface area contributed by atoms with Crippen LogP contribution in [0.25, 0.3) is 0 Å². The predicted octanol–water partition coefficient (Wildman–Crippen LogP) is 1.30. The van der Waals surface area contributed by atoms with E-state index >= 15 is 0 Å². The largest absolute Gasteiger partial charge is 0.313 e. The van der Waals surface area contributed by atoms with Gasteiger partial charge in [0.05, 0.1) is 5.69 Å². The minimum Gasteiger partial charge on any atom is -0.313 e. The van der Waals surface area contributed by atoms with Gasteiger partial charge in [0.1, 0.15) is 0 Å². The molecular formula is C9H14ClN3. The summed E-state index contributed by atoms with van der Waals surface area (Å²) in [4.78, 5) is 0. The Morgan fingerprint density at radius 2 is 2.54 bits per heavy atom. The first-order chi connectivity index (χ1) is 6.33. The zero-order valence-corrected chi connectivity index (χ0v) is 8.46. The number of nitrogens with one attached hydrogen (secondary N) is 1. The van der Waals surface area contributed by atoms with E-state index < -0.39 is 0 Å². The summed E-state index contributed by atoms with van der Waals surface area (Å²) in [7, 11) is 1.92. The topological polar surface area (TPSA) is 29.9 Å². The quantitative estimate of drug-likeness (QED) is 0.725. The Kier molecular flexibility index (Phi) is 4.57. The van der Waals surface area contributed by atoms with Crippen molar-refractivity contribution in [1.82, 2.24) is 15.1 Å². The second kappa shape index (κ2) is 5.78. The van der Waals surface area contributed by atoms with Crippen molar-refractivity contribution in [3.05, 3.63) is 29.6 Å². The molecule has 0 aliphatic rings. The predicted molar refractivity (Wildman–Crippen MR) is 54.8 cm³/mol. The van der Waals surface area contributed by atoms with Crippen molar-refractivity contribution in [2.24, 2.45) is 7.05 Å². The van der Waals surface area contributed by atoms with Crippen LogP contribution in [-0.2, 0) is 13.5 Å². The maximum Gasteiger partial charge on any atom is 0.0637 e. The van der Waals surface area contributed by atoms with Gasteiger partial charge in [0.15, 0.2) is 0 Å². The van der Waals surface area contributed by atoms with Crippen LogP contribution in [0.5, 0.6) is 0 Å². The molecule has 0 bridgehead atoms. The van der Waals surface area contributed by atoms with E-state index in [1.54, 1.807) is 0 Å². The molecule has 13 heavy (non-hydrogen) atoms. The number of hydrogen-bond acceptors (Lipinski definition) is 2. The molecule has 1 N–H and O–H groups in total. The molecule has 1 heterocycles. The maximum atomic E-state index is 5.36. The van der Waals surface area contributed by atoms with Crippen LogP contribution in [0, 0.1) is 0 Å². The van der Waals surface area contributed by atoms with Crippen molar-refractivity contribution < 1.29 is 0 Å². The van der Waals surface area contributed by atoms with Gasteiger partial charge in [-0.05, 0) is 6.07 Å². The van der Waals surface area contributed by atoms with Gasteiger partial charge in [-0.25, -0.2) is 0 Å². The van der Waals surface area contributed by atoms with Gasteiger partial charge in [0.2, 0.25) is 0 Å². The lowest BCUT2D eigenvalue weighted by Gasteiger charge is -1.97. The summed E-state index contributed by atoms with van der Waals surface area (Å²) in [6.45, 7) is 1.74. The number of nitrogens with zero attached hydrogens (tertiary/aromatic N) is 2. The molecule has 72 valence electrons. The van der Waals surface area contributed by atoms with E-state index in [4.69, 9.17) is 11.6 Å². The maximum absolute atomic E-state index is 5.36. The molecular weight excluding hydrogens is 186 g/mol. The fourth-order valence-corrected chi connectivity index (χ4v) is 1.13. The first-order valence-electron chi connectivity index (χ1n) is 4.27. The zero-order chi connectivity index (χ0) is 9.52. The van der Waals surface area contributed by atoms with Crippen LogP contribution in [0.2, 0.25) is 0 Å². The Labute approximate surface area is 83.4 Å². The fourth-order valence-electron chi connectivity index (χ4n) is 1.04. The molecule has 0 aliphatic heterocycles. The second-order valence-corrected chi connectivity index (χ2v) is 3.05. The van der Waals surface area contributed by atoms with Crippen LogP contribution in [-0.4, -0.2) is 22.9 Å². The van der Waals surface area contributed by atoms with E-state index in [-0.39, 0.29) is 0 Å². The molecule has 0 spiro atoms. The Morgan fingerprint density at radius 3 is 3.15 bits per heavy atom. The Bertz CT molecular complexity index is 268. The summed E-state index contributed by atoms with van der Waals surface area (Å²) in [5, 5.41) is 7.48. The van der Waals surface area contributed by atoms with Gasteiger partial charge in [-0.1, -0.05) is 17.7 Å². The van der Waals surface area contributed by atoms with Gasteiger partial charge in [0.25, 0.3) is 0 Å². The SMILES string of the molecule is Cn1ccc(CCNC/C=C/Cl)n1. The highest BCUT2D eigenvalue weighted by atomic mass is 35.5. The molecule has 4 heteroatoms. The van der Waals surface area contributed by atoms with Crippen LogP contribution in [0.1, 0.15) is 5.69 Å². The Hall–Kier alpha value is -0.800. The molecule has 0 amide bonds. The van der Waals surface area contributed by atoms with E-state index in [9.17, 15) is 0 Å². The number of hydrogen-bond donors (Lipinski definition) is 1. The molecule has 0 saturated heterocycles. The Morgan fingerprint density at radius 1 is 1.69 bits per heavy atom. The smallest absolute Gasteiger partial charge is 0.0637 e. The highest BCUT2D eigenvalue weighted by molar-refractivity contribution is 6.25. The van der Waals surface area contributed by atoms with Crippen molar-refractivity contribution in [2.75, 3.05) is 13.1 Å². The van der Waals surface area contributed by atoms with E-state index in [0.717, 1.165) is 25.2 Å². The first kappa shape index (κ1) is 10.3. The van der Waals surface area contributed by atoms with Crippen molar-refractivity contribution >= 4 is 11.6 Å². The highest BCUT2D eigenvalue weighted by Gasteiger charge is 1.94. The molecule has 3 nitrogen and oxygen atoms in total. The minimum absolute atomic E-state index is 0.816. The normalized spacial score (nSPS) is 11.2. The van der Waals surface area contributed by atoms with Crippen LogP contribution in [0.3, 0.4) is 0 Å². The van der Waals surface area contributed by atoms with Gasteiger partial charge < -0.3 is 5.32 Å². The third-order valence-corrected chi connectivity index (χ3v) is 1.86. The zero-order valence-electron chi connectivity index (χ0n) is 7.70. The average molecular weight is 200 g/mol. The number of aromatic nitrogens is 2. The molecule has 0 atom stereocenters. The molecule has 0 aliphatic carbocycles. The summed E-state index contributed by atoms with van der Waals surface area (Å²) in [6.07, 6.45) is 4.78. The van der Waals surface area contributed by atoms with Crippen molar-refractivity contribution in [3.63, 3.8) is 0 Å². The van der Waals surface area contributed by atoms with E-state index in [1.807, 2.05) is 30.1 Å². The minimum atomic E-state index is 0.816. The summed E-state index contributed by atoms with van der Waals surface area (Å²) in [5.74, 6) is 0.